The minimum atomic E-state index is -3.08. The van der Waals surface area contributed by atoms with Crippen molar-refractivity contribution in [1.82, 2.24) is 4.90 Å². The standard InChI is InChI=1S/C7H11NO5S/c9-5-8(3-7(10)11)6-1-2-14(12,13)4-6/h5-6H,1-4H2,(H,10,11). The third-order valence-corrected chi connectivity index (χ3v) is 3.88. The summed E-state index contributed by atoms with van der Waals surface area (Å²) in [6.07, 6.45) is 0.716. The van der Waals surface area contributed by atoms with Gasteiger partial charge in [-0.25, -0.2) is 8.42 Å². The molecule has 1 unspecified atom stereocenters. The van der Waals surface area contributed by atoms with E-state index in [1.165, 1.54) is 0 Å². The molecular weight excluding hydrogens is 210 g/mol. The molecule has 7 heteroatoms. The maximum Gasteiger partial charge on any atom is 0.323 e. The summed E-state index contributed by atoms with van der Waals surface area (Å²) in [6.45, 7) is -0.441. The molecule has 1 heterocycles. The molecule has 0 aromatic carbocycles. The van der Waals surface area contributed by atoms with Gasteiger partial charge in [-0.05, 0) is 6.42 Å². The second-order valence-corrected chi connectivity index (χ2v) is 5.46. The highest BCUT2D eigenvalue weighted by atomic mass is 32.2. The van der Waals surface area contributed by atoms with Crippen molar-refractivity contribution in [3.8, 4) is 0 Å². The highest BCUT2D eigenvalue weighted by Gasteiger charge is 2.32. The monoisotopic (exact) mass is 221 g/mol. The normalized spacial score (nSPS) is 24.4. The van der Waals surface area contributed by atoms with Crippen LogP contribution in [-0.2, 0) is 19.4 Å². The van der Waals surface area contributed by atoms with Gasteiger partial charge in [0.2, 0.25) is 6.41 Å². The molecule has 1 fully saturated rings. The van der Waals surface area contributed by atoms with Crippen LogP contribution in [0.4, 0.5) is 0 Å². The summed E-state index contributed by atoms with van der Waals surface area (Å²) < 4.78 is 22.1. The Balaban J connectivity index is 2.64. The number of carbonyl (C=O) groups is 2. The Hall–Kier alpha value is -1.11. The predicted octanol–water partition coefficient (Wildman–Crippen LogP) is -1.28. The molecule has 1 saturated heterocycles. The Labute approximate surface area is 81.4 Å². The molecule has 0 radical (unpaired) electrons. The van der Waals surface area contributed by atoms with Gasteiger partial charge in [-0.15, -0.1) is 0 Å². The summed E-state index contributed by atoms with van der Waals surface area (Å²) in [7, 11) is -3.08. The summed E-state index contributed by atoms with van der Waals surface area (Å²) in [5.74, 6) is -1.23. The van der Waals surface area contributed by atoms with Crippen LogP contribution in [0, 0.1) is 0 Å². The van der Waals surface area contributed by atoms with Crippen LogP contribution < -0.4 is 0 Å². The molecule has 14 heavy (non-hydrogen) atoms. The van der Waals surface area contributed by atoms with E-state index in [4.69, 9.17) is 5.11 Å². The van der Waals surface area contributed by atoms with Crippen LogP contribution in [0.1, 0.15) is 6.42 Å². The third-order valence-electron chi connectivity index (χ3n) is 2.13. The highest BCUT2D eigenvalue weighted by Crippen LogP contribution is 2.16. The van der Waals surface area contributed by atoms with Crippen molar-refractivity contribution in [1.29, 1.82) is 0 Å². The molecule has 0 aromatic rings. The van der Waals surface area contributed by atoms with Crippen molar-refractivity contribution in [3.05, 3.63) is 0 Å². The van der Waals surface area contributed by atoms with Gasteiger partial charge in [-0.1, -0.05) is 0 Å². The lowest BCUT2D eigenvalue weighted by Gasteiger charge is -2.20. The first-order valence-corrected chi connectivity index (χ1v) is 5.90. The molecule has 1 aliphatic rings. The van der Waals surface area contributed by atoms with E-state index in [9.17, 15) is 18.0 Å². The molecule has 0 aliphatic carbocycles. The minimum absolute atomic E-state index is 0.0294. The maximum atomic E-state index is 11.1. The lowest BCUT2D eigenvalue weighted by Crippen LogP contribution is -2.38. The summed E-state index contributed by atoms with van der Waals surface area (Å²) >= 11 is 0. The van der Waals surface area contributed by atoms with Gasteiger partial charge in [-0.2, -0.15) is 0 Å². The molecular formula is C7H11NO5S. The first-order chi connectivity index (χ1) is 6.44. The number of aliphatic carboxylic acids is 1. The summed E-state index contributed by atoms with van der Waals surface area (Å²) in [4.78, 5) is 21.9. The number of nitrogens with zero attached hydrogens (tertiary/aromatic N) is 1. The average Bonchev–Trinajstić information content (AvgIpc) is 2.41. The van der Waals surface area contributed by atoms with E-state index in [-0.39, 0.29) is 11.5 Å². The van der Waals surface area contributed by atoms with Gasteiger partial charge < -0.3 is 10.0 Å². The Morgan fingerprint density at radius 3 is 2.57 bits per heavy atom. The van der Waals surface area contributed by atoms with Crippen LogP contribution >= 0.6 is 0 Å². The Bertz CT molecular complexity index is 336. The highest BCUT2D eigenvalue weighted by molar-refractivity contribution is 7.91. The van der Waals surface area contributed by atoms with E-state index in [0.29, 0.717) is 12.8 Å². The minimum Gasteiger partial charge on any atom is -0.480 e. The number of carboxylic acid groups (broad SMARTS) is 1. The van der Waals surface area contributed by atoms with Crippen LogP contribution in [0.3, 0.4) is 0 Å². The van der Waals surface area contributed by atoms with Gasteiger partial charge in [0.15, 0.2) is 9.84 Å². The van der Waals surface area contributed by atoms with E-state index in [1.807, 2.05) is 0 Å². The van der Waals surface area contributed by atoms with Gasteiger partial charge in [0, 0.05) is 6.04 Å². The van der Waals surface area contributed by atoms with Gasteiger partial charge in [-0.3, -0.25) is 9.59 Å². The number of hydrogen-bond acceptors (Lipinski definition) is 4. The Morgan fingerprint density at radius 2 is 2.21 bits per heavy atom. The van der Waals surface area contributed by atoms with Crippen molar-refractivity contribution < 1.29 is 23.1 Å². The van der Waals surface area contributed by atoms with Crippen molar-refractivity contribution in [2.45, 2.75) is 12.5 Å². The number of hydrogen-bond donors (Lipinski definition) is 1. The van der Waals surface area contributed by atoms with Crippen LogP contribution in [0.25, 0.3) is 0 Å². The number of carboxylic acids is 1. The molecule has 1 rings (SSSR count). The molecule has 0 spiro atoms. The zero-order valence-electron chi connectivity index (χ0n) is 7.42. The van der Waals surface area contributed by atoms with E-state index in [1.54, 1.807) is 0 Å². The number of sulfone groups is 1. The lowest BCUT2D eigenvalue weighted by molar-refractivity contribution is -0.141. The molecule has 0 saturated carbocycles. The quantitative estimate of drug-likeness (QED) is 0.597. The molecule has 1 atom stereocenters. The molecule has 6 nitrogen and oxygen atoms in total. The summed E-state index contributed by atoms with van der Waals surface area (Å²) in [6, 6.07) is -0.478. The molecule has 0 bridgehead atoms. The molecule has 1 N–H and O–H groups in total. The number of rotatable bonds is 4. The van der Waals surface area contributed by atoms with Crippen molar-refractivity contribution in [3.63, 3.8) is 0 Å². The lowest BCUT2D eigenvalue weighted by atomic mass is 10.2. The summed E-state index contributed by atoms with van der Waals surface area (Å²) in [5.41, 5.74) is 0. The Kier molecular flexibility index (Phi) is 3.10. The van der Waals surface area contributed by atoms with Crippen LogP contribution in [0.5, 0.6) is 0 Å². The van der Waals surface area contributed by atoms with E-state index >= 15 is 0 Å². The summed E-state index contributed by atoms with van der Waals surface area (Å²) in [5, 5.41) is 8.46. The Morgan fingerprint density at radius 1 is 1.57 bits per heavy atom. The smallest absolute Gasteiger partial charge is 0.323 e. The fourth-order valence-corrected chi connectivity index (χ4v) is 3.19. The largest absolute Gasteiger partial charge is 0.480 e. The van der Waals surface area contributed by atoms with Gasteiger partial charge in [0.25, 0.3) is 0 Å². The second-order valence-electron chi connectivity index (χ2n) is 3.23. The van der Waals surface area contributed by atoms with E-state index < -0.39 is 28.4 Å². The second kappa shape index (κ2) is 3.95. The SMILES string of the molecule is O=CN(CC(=O)O)C1CCS(=O)(=O)C1. The number of amides is 1. The average molecular weight is 221 g/mol. The molecule has 1 aliphatic heterocycles. The van der Waals surface area contributed by atoms with Gasteiger partial charge in [0.05, 0.1) is 11.5 Å². The maximum absolute atomic E-state index is 11.1. The van der Waals surface area contributed by atoms with Crippen LogP contribution in [0.2, 0.25) is 0 Å². The van der Waals surface area contributed by atoms with E-state index in [2.05, 4.69) is 0 Å². The van der Waals surface area contributed by atoms with Crippen molar-refractivity contribution >= 4 is 22.2 Å². The van der Waals surface area contributed by atoms with E-state index in [0.717, 1.165) is 4.90 Å². The fraction of sp³-hybridized carbons (Fsp3) is 0.714. The molecule has 1 amide bonds. The topological polar surface area (TPSA) is 91.8 Å². The van der Waals surface area contributed by atoms with Crippen LogP contribution in [-0.4, -0.2) is 54.9 Å². The zero-order valence-corrected chi connectivity index (χ0v) is 8.24. The third kappa shape index (κ3) is 2.69. The fourth-order valence-electron chi connectivity index (χ4n) is 1.45. The van der Waals surface area contributed by atoms with Gasteiger partial charge in [0.1, 0.15) is 6.54 Å². The first-order valence-electron chi connectivity index (χ1n) is 4.08. The predicted molar refractivity (Wildman–Crippen MR) is 47.5 cm³/mol. The van der Waals surface area contributed by atoms with Crippen molar-refractivity contribution in [2.75, 3.05) is 18.1 Å². The van der Waals surface area contributed by atoms with Gasteiger partial charge >= 0.3 is 5.97 Å². The van der Waals surface area contributed by atoms with Crippen molar-refractivity contribution in [2.24, 2.45) is 0 Å². The molecule has 80 valence electrons. The molecule has 0 aromatic heterocycles. The zero-order chi connectivity index (χ0) is 10.8. The van der Waals surface area contributed by atoms with Crippen LogP contribution in [0.15, 0.2) is 0 Å². The number of carbonyl (C=O) groups excluding carboxylic acids is 1. The first kappa shape index (κ1) is 11.0.